The molecular formula is C6H10ClNO2S. The lowest BCUT2D eigenvalue weighted by Crippen LogP contribution is -2.05. The van der Waals surface area contributed by atoms with E-state index in [-0.39, 0.29) is 5.75 Å². The van der Waals surface area contributed by atoms with Crippen LogP contribution in [-0.2, 0) is 9.05 Å². The van der Waals surface area contributed by atoms with Crippen LogP contribution in [0.4, 0.5) is 0 Å². The van der Waals surface area contributed by atoms with Gasteiger partial charge in [-0.15, -0.1) is 0 Å². The van der Waals surface area contributed by atoms with Crippen molar-refractivity contribution in [2.45, 2.75) is 6.42 Å². The normalized spacial score (nSPS) is 22.8. The fourth-order valence-electron chi connectivity index (χ4n) is 0.978. The first-order chi connectivity index (χ1) is 5.08. The van der Waals surface area contributed by atoms with Crippen molar-refractivity contribution in [3.8, 4) is 0 Å². The standard InChI is InChI=1S/C6H10ClNO2S/c7-11(9,10)4-2-6-1-3-8-5-6/h2,8H,1,3-5H2/b6-2+. The molecule has 1 aliphatic heterocycles. The van der Waals surface area contributed by atoms with E-state index in [1.807, 2.05) is 0 Å². The van der Waals surface area contributed by atoms with Gasteiger partial charge in [-0.05, 0) is 13.0 Å². The highest BCUT2D eigenvalue weighted by Gasteiger charge is 2.07. The van der Waals surface area contributed by atoms with Crippen LogP contribution in [0.3, 0.4) is 0 Å². The molecule has 11 heavy (non-hydrogen) atoms. The topological polar surface area (TPSA) is 46.2 Å². The Balaban J connectivity index is 2.47. The molecule has 0 aliphatic carbocycles. The average molecular weight is 196 g/mol. The van der Waals surface area contributed by atoms with Crippen molar-refractivity contribution >= 4 is 19.7 Å². The zero-order valence-electron chi connectivity index (χ0n) is 6.01. The van der Waals surface area contributed by atoms with Gasteiger partial charge in [0.1, 0.15) is 0 Å². The highest BCUT2D eigenvalue weighted by Crippen LogP contribution is 2.07. The van der Waals surface area contributed by atoms with Gasteiger partial charge in [-0.25, -0.2) is 8.42 Å². The molecule has 3 nitrogen and oxygen atoms in total. The molecule has 64 valence electrons. The minimum absolute atomic E-state index is 0.0500. The maximum atomic E-state index is 10.5. The van der Waals surface area contributed by atoms with Gasteiger partial charge in [-0.1, -0.05) is 11.6 Å². The molecule has 0 saturated carbocycles. The van der Waals surface area contributed by atoms with Crippen LogP contribution in [0.25, 0.3) is 0 Å². The Morgan fingerprint density at radius 3 is 2.82 bits per heavy atom. The van der Waals surface area contributed by atoms with E-state index < -0.39 is 9.05 Å². The molecule has 0 aromatic heterocycles. The molecule has 0 amide bonds. The third-order valence-corrected chi connectivity index (χ3v) is 2.49. The van der Waals surface area contributed by atoms with Crippen molar-refractivity contribution in [1.29, 1.82) is 0 Å². The lowest BCUT2D eigenvalue weighted by Gasteiger charge is -1.91. The molecule has 0 bridgehead atoms. The van der Waals surface area contributed by atoms with Crippen molar-refractivity contribution in [1.82, 2.24) is 5.32 Å². The molecular weight excluding hydrogens is 186 g/mol. The number of nitrogens with one attached hydrogen (secondary N) is 1. The van der Waals surface area contributed by atoms with Gasteiger partial charge in [0.25, 0.3) is 0 Å². The maximum Gasteiger partial charge on any atom is 0.236 e. The summed E-state index contributed by atoms with van der Waals surface area (Å²) in [6, 6.07) is 0. The van der Waals surface area contributed by atoms with Crippen molar-refractivity contribution in [3.63, 3.8) is 0 Å². The summed E-state index contributed by atoms with van der Waals surface area (Å²) in [5, 5.41) is 3.10. The smallest absolute Gasteiger partial charge is 0.236 e. The molecule has 0 aromatic rings. The Morgan fingerprint density at radius 2 is 2.36 bits per heavy atom. The molecule has 0 atom stereocenters. The second-order valence-corrected chi connectivity index (χ2v) is 5.32. The summed E-state index contributed by atoms with van der Waals surface area (Å²) < 4.78 is 21.0. The van der Waals surface area contributed by atoms with Gasteiger partial charge in [-0.3, -0.25) is 0 Å². The Hall–Kier alpha value is -0.0600. The van der Waals surface area contributed by atoms with Gasteiger partial charge >= 0.3 is 0 Å². The summed E-state index contributed by atoms with van der Waals surface area (Å²) >= 11 is 0. The van der Waals surface area contributed by atoms with E-state index in [9.17, 15) is 8.42 Å². The number of hydrogen-bond acceptors (Lipinski definition) is 3. The number of rotatable bonds is 2. The fourth-order valence-corrected chi connectivity index (χ4v) is 1.60. The van der Waals surface area contributed by atoms with E-state index in [4.69, 9.17) is 10.7 Å². The largest absolute Gasteiger partial charge is 0.313 e. The minimum Gasteiger partial charge on any atom is -0.313 e. The van der Waals surface area contributed by atoms with Gasteiger partial charge in [0.15, 0.2) is 0 Å². The summed E-state index contributed by atoms with van der Waals surface area (Å²) in [5.74, 6) is -0.0500. The fraction of sp³-hybridized carbons (Fsp3) is 0.667. The first-order valence-electron chi connectivity index (χ1n) is 3.39. The summed E-state index contributed by atoms with van der Waals surface area (Å²) in [6.45, 7) is 1.74. The molecule has 0 spiro atoms. The van der Waals surface area contributed by atoms with Crippen LogP contribution in [0.5, 0.6) is 0 Å². The molecule has 1 rings (SSSR count). The monoisotopic (exact) mass is 195 g/mol. The molecule has 1 N–H and O–H groups in total. The third-order valence-electron chi connectivity index (χ3n) is 1.55. The van der Waals surface area contributed by atoms with E-state index in [0.29, 0.717) is 0 Å². The molecule has 1 saturated heterocycles. The second kappa shape index (κ2) is 3.56. The Kier molecular flexibility index (Phi) is 2.92. The lowest BCUT2D eigenvalue weighted by molar-refractivity contribution is 0.612. The van der Waals surface area contributed by atoms with Gasteiger partial charge in [0.05, 0.1) is 5.75 Å². The van der Waals surface area contributed by atoms with Gasteiger partial charge in [0.2, 0.25) is 9.05 Å². The minimum atomic E-state index is -3.34. The summed E-state index contributed by atoms with van der Waals surface area (Å²) in [7, 11) is 1.68. The predicted octanol–water partition coefficient (Wildman–Crippen LogP) is 0.475. The van der Waals surface area contributed by atoms with Crippen molar-refractivity contribution in [3.05, 3.63) is 11.6 Å². The van der Waals surface area contributed by atoms with Crippen molar-refractivity contribution < 1.29 is 8.42 Å². The van der Waals surface area contributed by atoms with Crippen molar-refractivity contribution in [2.24, 2.45) is 0 Å². The predicted molar refractivity (Wildman–Crippen MR) is 45.2 cm³/mol. The average Bonchev–Trinajstić information content (AvgIpc) is 2.32. The van der Waals surface area contributed by atoms with Crippen LogP contribution in [0.15, 0.2) is 11.6 Å². The first kappa shape index (κ1) is 9.03. The van der Waals surface area contributed by atoms with Gasteiger partial charge in [-0.2, -0.15) is 0 Å². The van der Waals surface area contributed by atoms with Crippen LogP contribution in [-0.4, -0.2) is 27.3 Å². The molecule has 0 unspecified atom stereocenters. The summed E-state index contributed by atoms with van der Waals surface area (Å²) in [6.07, 6.45) is 2.62. The quantitative estimate of drug-likeness (QED) is 0.515. The molecule has 1 fully saturated rings. The number of halogens is 1. The van der Waals surface area contributed by atoms with E-state index in [1.54, 1.807) is 6.08 Å². The van der Waals surface area contributed by atoms with E-state index >= 15 is 0 Å². The number of hydrogen-bond donors (Lipinski definition) is 1. The van der Waals surface area contributed by atoms with Crippen LogP contribution in [0.1, 0.15) is 6.42 Å². The zero-order valence-corrected chi connectivity index (χ0v) is 7.58. The SMILES string of the molecule is O=S(=O)(Cl)C/C=C1\CCNC1. The van der Waals surface area contributed by atoms with Crippen molar-refractivity contribution in [2.75, 3.05) is 18.8 Å². The zero-order chi connectivity index (χ0) is 8.32. The Morgan fingerprint density at radius 1 is 1.64 bits per heavy atom. The Bertz CT molecular complexity index is 250. The Labute approximate surface area is 70.9 Å². The van der Waals surface area contributed by atoms with Gasteiger partial charge in [0, 0.05) is 17.2 Å². The summed E-state index contributed by atoms with van der Waals surface area (Å²) in [5.41, 5.74) is 1.13. The van der Waals surface area contributed by atoms with E-state index in [1.165, 1.54) is 0 Å². The highest BCUT2D eigenvalue weighted by molar-refractivity contribution is 8.13. The van der Waals surface area contributed by atoms with Crippen LogP contribution < -0.4 is 5.32 Å². The van der Waals surface area contributed by atoms with Crippen LogP contribution in [0, 0.1) is 0 Å². The lowest BCUT2D eigenvalue weighted by atomic mass is 10.2. The molecule has 0 aromatic carbocycles. The molecule has 1 aliphatic rings. The van der Waals surface area contributed by atoms with E-state index in [2.05, 4.69) is 5.32 Å². The van der Waals surface area contributed by atoms with Crippen LogP contribution >= 0.6 is 10.7 Å². The van der Waals surface area contributed by atoms with E-state index in [0.717, 1.165) is 25.1 Å². The third kappa shape index (κ3) is 3.74. The molecule has 1 heterocycles. The second-order valence-electron chi connectivity index (χ2n) is 2.49. The highest BCUT2D eigenvalue weighted by atomic mass is 35.7. The summed E-state index contributed by atoms with van der Waals surface area (Å²) in [4.78, 5) is 0. The maximum absolute atomic E-state index is 10.5. The molecule has 0 radical (unpaired) electrons. The van der Waals surface area contributed by atoms with Crippen LogP contribution in [0.2, 0.25) is 0 Å². The molecule has 5 heteroatoms. The first-order valence-corrected chi connectivity index (χ1v) is 5.87. The van der Waals surface area contributed by atoms with Gasteiger partial charge < -0.3 is 5.32 Å².